The van der Waals surface area contributed by atoms with E-state index in [4.69, 9.17) is 5.73 Å². The number of aryl methyl sites for hydroxylation is 2. The number of nitrogens with two attached hydrogens (primary N) is 1. The molecule has 3 rings (SSSR count). The van der Waals surface area contributed by atoms with Crippen LogP contribution >= 0.6 is 35.3 Å². The molecule has 6 heteroatoms. The lowest BCUT2D eigenvalue weighted by atomic mass is 9.85. The summed E-state index contributed by atoms with van der Waals surface area (Å²) >= 11 is 1.71. The minimum Gasteiger partial charge on any atom is -0.370 e. The van der Waals surface area contributed by atoms with Crippen molar-refractivity contribution < 1.29 is 0 Å². The van der Waals surface area contributed by atoms with Gasteiger partial charge in [-0.2, -0.15) is 0 Å². The summed E-state index contributed by atoms with van der Waals surface area (Å²) in [5, 5.41) is 6.46. The van der Waals surface area contributed by atoms with E-state index in [9.17, 15) is 0 Å². The zero-order valence-corrected chi connectivity index (χ0v) is 16.9. The van der Waals surface area contributed by atoms with Gasteiger partial charge in [-0.25, -0.2) is 9.98 Å². The molecule has 24 heavy (non-hydrogen) atoms. The first kappa shape index (κ1) is 19.2. The van der Waals surface area contributed by atoms with Gasteiger partial charge in [-0.15, -0.1) is 35.3 Å². The molecule has 1 aliphatic rings. The van der Waals surface area contributed by atoms with Gasteiger partial charge in [0.1, 0.15) is 0 Å². The molecule has 0 amide bonds. The number of rotatable bonds is 7. The van der Waals surface area contributed by atoms with Gasteiger partial charge in [0, 0.05) is 18.3 Å². The average Bonchev–Trinajstić information content (AvgIpc) is 2.98. The summed E-state index contributed by atoms with van der Waals surface area (Å²) < 4.78 is 0. The smallest absolute Gasteiger partial charge is 0.188 e. The number of benzene rings is 1. The normalized spacial score (nSPS) is 14.8. The molecule has 0 spiro atoms. The van der Waals surface area contributed by atoms with Crippen LogP contribution in [0.2, 0.25) is 0 Å². The molecule has 0 radical (unpaired) electrons. The van der Waals surface area contributed by atoms with Crippen LogP contribution in [0.5, 0.6) is 0 Å². The summed E-state index contributed by atoms with van der Waals surface area (Å²) in [7, 11) is 0. The molecule has 1 aromatic heterocycles. The highest BCUT2D eigenvalue weighted by atomic mass is 127. The van der Waals surface area contributed by atoms with Crippen LogP contribution in [0.1, 0.15) is 35.5 Å². The van der Waals surface area contributed by atoms with Crippen LogP contribution < -0.4 is 11.1 Å². The fraction of sp³-hybridized carbons (Fsp3) is 0.444. The lowest BCUT2D eigenvalue weighted by Crippen LogP contribution is -2.37. The minimum atomic E-state index is 0. The van der Waals surface area contributed by atoms with Crippen LogP contribution in [0.25, 0.3) is 0 Å². The van der Waals surface area contributed by atoms with E-state index in [-0.39, 0.29) is 24.0 Å². The van der Waals surface area contributed by atoms with Crippen LogP contribution in [0, 0.1) is 5.92 Å². The van der Waals surface area contributed by atoms with E-state index >= 15 is 0 Å². The molecule has 0 saturated heterocycles. The fourth-order valence-corrected chi connectivity index (χ4v) is 3.39. The molecule has 0 atom stereocenters. The van der Waals surface area contributed by atoms with Crippen molar-refractivity contribution >= 4 is 41.3 Å². The molecule has 1 aromatic carbocycles. The lowest BCUT2D eigenvalue weighted by Gasteiger charge is -2.25. The summed E-state index contributed by atoms with van der Waals surface area (Å²) in [6, 6.07) is 10.5. The van der Waals surface area contributed by atoms with Gasteiger partial charge in [0.05, 0.1) is 17.2 Å². The Morgan fingerprint density at radius 1 is 1.25 bits per heavy atom. The monoisotopic (exact) mass is 456 g/mol. The third kappa shape index (κ3) is 6.05. The predicted octanol–water partition coefficient (Wildman–Crippen LogP) is 3.75. The number of guanidine groups is 1. The topological polar surface area (TPSA) is 63.3 Å². The number of nitrogens with zero attached hydrogens (tertiary/aromatic N) is 2. The van der Waals surface area contributed by atoms with Crippen LogP contribution in [0.4, 0.5) is 0 Å². The summed E-state index contributed by atoms with van der Waals surface area (Å²) in [6.07, 6.45) is 6.00. The van der Waals surface area contributed by atoms with Gasteiger partial charge in [-0.3, -0.25) is 0 Å². The Balaban J connectivity index is 0.00000208. The Bertz CT molecular complexity index is 637. The first-order chi connectivity index (χ1) is 11.3. The first-order valence-electron chi connectivity index (χ1n) is 8.30. The van der Waals surface area contributed by atoms with Crippen LogP contribution in [0.15, 0.2) is 40.7 Å². The van der Waals surface area contributed by atoms with Gasteiger partial charge in [-0.05, 0) is 30.7 Å². The molecule has 1 aliphatic carbocycles. The van der Waals surface area contributed by atoms with E-state index in [1.54, 1.807) is 11.3 Å². The number of halogens is 1. The molecule has 1 saturated carbocycles. The van der Waals surface area contributed by atoms with Gasteiger partial charge in [0.2, 0.25) is 0 Å². The van der Waals surface area contributed by atoms with Crippen molar-refractivity contribution in [3.05, 3.63) is 52.0 Å². The molecule has 0 aliphatic heterocycles. The fourth-order valence-electron chi connectivity index (χ4n) is 2.60. The highest BCUT2D eigenvalue weighted by molar-refractivity contribution is 14.0. The van der Waals surface area contributed by atoms with Crippen molar-refractivity contribution in [3.63, 3.8) is 0 Å². The summed E-state index contributed by atoms with van der Waals surface area (Å²) in [5.41, 5.74) is 8.26. The molecule has 1 fully saturated rings. The second kappa shape index (κ2) is 9.98. The summed E-state index contributed by atoms with van der Waals surface area (Å²) in [6.45, 7) is 1.51. The second-order valence-electron chi connectivity index (χ2n) is 6.10. The SMILES string of the molecule is I.NC(=NCc1csc(CCc2ccccc2)n1)NCC1CCC1. The van der Waals surface area contributed by atoms with Crippen molar-refractivity contribution in [1.82, 2.24) is 10.3 Å². The van der Waals surface area contributed by atoms with Crippen molar-refractivity contribution in [2.24, 2.45) is 16.6 Å². The van der Waals surface area contributed by atoms with Gasteiger partial charge in [0.15, 0.2) is 5.96 Å². The Morgan fingerprint density at radius 2 is 2.04 bits per heavy atom. The first-order valence-corrected chi connectivity index (χ1v) is 9.18. The molecular formula is C18H25IN4S. The lowest BCUT2D eigenvalue weighted by molar-refractivity contribution is 0.315. The van der Waals surface area contributed by atoms with Crippen molar-refractivity contribution in [3.8, 4) is 0 Å². The van der Waals surface area contributed by atoms with E-state index < -0.39 is 0 Å². The van der Waals surface area contributed by atoms with Gasteiger partial charge in [-0.1, -0.05) is 36.8 Å². The Kier molecular flexibility index (Phi) is 7.98. The Labute approximate surface area is 165 Å². The average molecular weight is 456 g/mol. The van der Waals surface area contributed by atoms with Gasteiger partial charge < -0.3 is 11.1 Å². The van der Waals surface area contributed by atoms with Crippen molar-refractivity contribution in [2.45, 2.75) is 38.6 Å². The standard InChI is InChI=1S/C18H24N4S.HI/c19-18(20-11-15-7-4-8-15)21-12-16-13-23-17(22-16)10-9-14-5-2-1-3-6-14;/h1-3,5-6,13,15H,4,7-12H2,(H3,19,20,21);1H. The predicted molar refractivity (Wildman–Crippen MR) is 112 cm³/mol. The number of aliphatic imine (C=N–C) groups is 1. The maximum atomic E-state index is 5.90. The zero-order valence-electron chi connectivity index (χ0n) is 13.8. The maximum absolute atomic E-state index is 5.90. The van der Waals surface area contributed by atoms with E-state index in [1.807, 2.05) is 6.07 Å². The zero-order chi connectivity index (χ0) is 15.9. The highest BCUT2D eigenvalue weighted by Crippen LogP contribution is 2.25. The van der Waals surface area contributed by atoms with Crippen molar-refractivity contribution in [2.75, 3.05) is 6.54 Å². The van der Waals surface area contributed by atoms with Crippen LogP contribution in [0.3, 0.4) is 0 Å². The number of thiazole rings is 1. The number of aromatic nitrogens is 1. The molecule has 3 N–H and O–H groups in total. The quantitative estimate of drug-likeness (QED) is 0.379. The minimum absolute atomic E-state index is 0. The highest BCUT2D eigenvalue weighted by Gasteiger charge is 2.16. The third-order valence-corrected chi connectivity index (χ3v) is 5.24. The second-order valence-corrected chi connectivity index (χ2v) is 7.04. The number of nitrogens with one attached hydrogen (secondary N) is 1. The van der Waals surface area contributed by atoms with E-state index in [0.717, 1.165) is 31.0 Å². The van der Waals surface area contributed by atoms with E-state index in [1.165, 1.54) is 29.8 Å². The van der Waals surface area contributed by atoms with E-state index in [2.05, 4.69) is 44.9 Å². The van der Waals surface area contributed by atoms with E-state index in [0.29, 0.717) is 12.5 Å². The molecular weight excluding hydrogens is 431 g/mol. The molecule has 4 nitrogen and oxygen atoms in total. The van der Waals surface area contributed by atoms with Gasteiger partial charge >= 0.3 is 0 Å². The van der Waals surface area contributed by atoms with Crippen molar-refractivity contribution in [1.29, 1.82) is 0 Å². The van der Waals surface area contributed by atoms with Crippen LogP contribution in [-0.4, -0.2) is 17.5 Å². The molecule has 0 bridgehead atoms. The van der Waals surface area contributed by atoms with Crippen LogP contribution in [-0.2, 0) is 19.4 Å². The maximum Gasteiger partial charge on any atom is 0.188 e. The number of hydrogen-bond acceptors (Lipinski definition) is 3. The number of hydrogen-bond donors (Lipinski definition) is 2. The molecule has 0 unspecified atom stereocenters. The third-order valence-electron chi connectivity index (χ3n) is 4.28. The molecule has 1 heterocycles. The Hall–Kier alpha value is -1.15. The Morgan fingerprint density at radius 3 is 2.75 bits per heavy atom. The molecule has 2 aromatic rings. The van der Waals surface area contributed by atoms with Gasteiger partial charge in [0.25, 0.3) is 0 Å². The summed E-state index contributed by atoms with van der Waals surface area (Å²) in [4.78, 5) is 9.03. The largest absolute Gasteiger partial charge is 0.370 e. The summed E-state index contributed by atoms with van der Waals surface area (Å²) in [5.74, 6) is 1.32. The molecule has 130 valence electrons.